The molecule has 0 aliphatic rings. The van der Waals surface area contributed by atoms with Crippen LogP contribution in [0.3, 0.4) is 0 Å². The maximum atomic E-state index is 14.1. The highest BCUT2D eigenvalue weighted by atomic mass is 79.9. The van der Waals surface area contributed by atoms with Gasteiger partial charge in [-0.05, 0) is 39.5 Å². The molecule has 19 heavy (non-hydrogen) atoms. The van der Waals surface area contributed by atoms with E-state index in [-0.39, 0.29) is 11.2 Å². The quantitative estimate of drug-likeness (QED) is 0.552. The summed E-state index contributed by atoms with van der Waals surface area (Å²) in [5.74, 6) is -0.284. The third-order valence-corrected chi connectivity index (χ3v) is 5.66. The lowest BCUT2D eigenvalue weighted by Crippen LogP contribution is -2.07. The maximum Gasteiger partial charge on any atom is 0.142 e. The minimum absolute atomic E-state index is 0.0926. The van der Waals surface area contributed by atoms with E-state index in [1.807, 2.05) is 6.07 Å². The minimum Gasteiger partial charge on any atom is -0.205 e. The summed E-state index contributed by atoms with van der Waals surface area (Å²) in [5, 5.41) is -0.446. The first kappa shape index (κ1) is 15.0. The second-order valence-corrected chi connectivity index (χ2v) is 7.86. The molecule has 0 aliphatic heterocycles. The Hall–Kier alpha value is -0.380. The van der Waals surface area contributed by atoms with Crippen LogP contribution in [0.15, 0.2) is 34.8 Å². The molecule has 0 spiro atoms. The number of hydrogen-bond acceptors (Lipinski definition) is 1. The molecule has 0 N–H and O–H groups in total. The fraction of sp³-hybridized carbons (Fsp3) is 0.333. The second-order valence-electron chi connectivity index (χ2n) is 5.46. The van der Waals surface area contributed by atoms with E-state index in [0.29, 0.717) is 10.0 Å². The molecule has 0 aliphatic carbocycles. The lowest BCUT2D eigenvalue weighted by Gasteiger charge is -2.16. The largest absolute Gasteiger partial charge is 0.205 e. The first-order valence-electron chi connectivity index (χ1n) is 5.99. The number of rotatable bonds is 2. The van der Waals surface area contributed by atoms with Crippen molar-refractivity contribution in [2.75, 3.05) is 0 Å². The van der Waals surface area contributed by atoms with Gasteiger partial charge in [-0.15, -0.1) is 22.9 Å². The van der Waals surface area contributed by atoms with Crippen molar-refractivity contribution in [1.29, 1.82) is 0 Å². The van der Waals surface area contributed by atoms with Crippen LogP contribution in [-0.4, -0.2) is 0 Å². The van der Waals surface area contributed by atoms with E-state index in [2.05, 4.69) is 42.8 Å². The van der Waals surface area contributed by atoms with Gasteiger partial charge in [-0.3, -0.25) is 0 Å². The molecule has 0 amide bonds. The average molecular weight is 362 g/mol. The molecule has 0 saturated heterocycles. The zero-order valence-electron chi connectivity index (χ0n) is 11.0. The van der Waals surface area contributed by atoms with E-state index in [1.54, 1.807) is 29.5 Å². The van der Waals surface area contributed by atoms with Crippen LogP contribution in [0.2, 0.25) is 0 Å². The Morgan fingerprint density at radius 2 is 1.89 bits per heavy atom. The molecule has 0 fully saturated rings. The molecule has 1 aromatic heterocycles. The van der Waals surface area contributed by atoms with Gasteiger partial charge >= 0.3 is 0 Å². The summed E-state index contributed by atoms with van der Waals surface area (Å²) in [7, 11) is 0. The van der Waals surface area contributed by atoms with Crippen LogP contribution < -0.4 is 0 Å². The van der Waals surface area contributed by atoms with Gasteiger partial charge in [0.25, 0.3) is 0 Å². The van der Waals surface area contributed by atoms with Crippen molar-refractivity contribution in [3.05, 3.63) is 55.9 Å². The number of benzene rings is 1. The van der Waals surface area contributed by atoms with Crippen molar-refractivity contribution < 1.29 is 4.39 Å². The molecule has 2 rings (SSSR count). The van der Waals surface area contributed by atoms with Crippen LogP contribution in [0, 0.1) is 5.82 Å². The molecule has 2 aromatic rings. The van der Waals surface area contributed by atoms with Gasteiger partial charge in [-0.25, -0.2) is 4.39 Å². The van der Waals surface area contributed by atoms with Crippen molar-refractivity contribution in [3.8, 4) is 0 Å². The van der Waals surface area contributed by atoms with E-state index in [0.717, 1.165) is 4.88 Å². The predicted octanol–water partition coefficient (Wildman–Crippen LogP) is 6.28. The Balaban J connectivity index is 2.37. The molecule has 1 atom stereocenters. The van der Waals surface area contributed by atoms with Crippen molar-refractivity contribution >= 4 is 38.9 Å². The van der Waals surface area contributed by atoms with Crippen molar-refractivity contribution in [2.45, 2.75) is 31.6 Å². The number of hydrogen-bond donors (Lipinski definition) is 0. The molecule has 1 unspecified atom stereocenters. The number of halogens is 3. The fourth-order valence-electron chi connectivity index (χ4n) is 1.76. The summed E-state index contributed by atoms with van der Waals surface area (Å²) in [6.45, 7) is 6.47. The molecule has 1 heterocycles. The summed E-state index contributed by atoms with van der Waals surface area (Å²) in [4.78, 5) is 2.23. The van der Waals surface area contributed by atoms with E-state index >= 15 is 0 Å². The van der Waals surface area contributed by atoms with Gasteiger partial charge in [-0.2, -0.15) is 0 Å². The zero-order valence-corrected chi connectivity index (χ0v) is 14.2. The zero-order chi connectivity index (χ0) is 14.2. The highest BCUT2D eigenvalue weighted by Crippen LogP contribution is 2.39. The Kier molecular flexibility index (Phi) is 4.38. The van der Waals surface area contributed by atoms with Gasteiger partial charge in [0.15, 0.2) is 0 Å². The second kappa shape index (κ2) is 5.55. The third kappa shape index (κ3) is 3.21. The van der Waals surface area contributed by atoms with Crippen LogP contribution in [0.25, 0.3) is 0 Å². The lowest BCUT2D eigenvalue weighted by molar-refractivity contribution is 0.604. The molecule has 0 saturated carbocycles. The van der Waals surface area contributed by atoms with E-state index in [1.165, 1.54) is 4.88 Å². The minimum atomic E-state index is -0.446. The van der Waals surface area contributed by atoms with Gasteiger partial charge < -0.3 is 0 Å². The topological polar surface area (TPSA) is 0 Å². The first-order chi connectivity index (χ1) is 8.80. The van der Waals surface area contributed by atoms with Gasteiger partial charge in [0, 0.05) is 15.3 Å². The standard InChI is InChI=1S/C15H15BrClFS/c1-15(2,3)12-8-7-11(19-12)13(17)9-5-4-6-10(16)14(9)18/h4-8,13H,1-3H3. The summed E-state index contributed by atoms with van der Waals surface area (Å²) < 4.78 is 14.5. The van der Waals surface area contributed by atoms with E-state index in [9.17, 15) is 4.39 Å². The van der Waals surface area contributed by atoms with Gasteiger partial charge in [0.1, 0.15) is 5.82 Å². The van der Waals surface area contributed by atoms with Crippen molar-refractivity contribution in [2.24, 2.45) is 0 Å². The van der Waals surface area contributed by atoms with Crippen LogP contribution in [0.1, 0.15) is 41.5 Å². The lowest BCUT2D eigenvalue weighted by atomic mass is 9.95. The van der Waals surface area contributed by atoms with E-state index in [4.69, 9.17) is 11.6 Å². The first-order valence-corrected chi connectivity index (χ1v) is 8.03. The molecule has 0 radical (unpaired) electrons. The Morgan fingerprint density at radius 1 is 1.21 bits per heavy atom. The van der Waals surface area contributed by atoms with Crippen molar-refractivity contribution in [3.63, 3.8) is 0 Å². The SMILES string of the molecule is CC(C)(C)c1ccc(C(Cl)c2cccc(Br)c2F)s1. The molecule has 1 aromatic carbocycles. The summed E-state index contributed by atoms with van der Waals surface area (Å²) in [6.07, 6.45) is 0. The Labute approximate surface area is 130 Å². The van der Waals surface area contributed by atoms with Gasteiger partial charge in [0.2, 0.25) is 0 Å². The molecule has 4 heteroatoms. The third-order valence-electron chi connectivity index (χ3n) is 2.87. The van der Waals surface area contributed by atoms with Crippen LogP contribution >= 0.6 is 38.9 Å². The predicted molar refractivity (Wildman–Crippen MR) is 84.8 cm³/mol. The number of alkyl halides is 1. The smallest absolute Gasteiger partial charge is 0.142 e. The van der Waals surface area contributed by atoms with E-state index < -0.39 is 5.38 Å². The molecule has 0 nitrogen and oxygen atoms in total. The fourth-order valence-corrected chi connectivity index (χ4v) is 3.58. The Bertz CT molecular complexity index is 586. The molecule has 0 bridgehead atoms. The van der Waals surface area contributed by atoms with Crippen LogP contribution in [0.5, 0.6) is 0 Å². The van der Waals surface area contributed by atoms with Crippen LogP contribution in [-0.2, 0) is 5.41 Å². The molecular weight excluding hydrogens is 347 g/mol. The molecular formula is C15H15BrClFS. The maximum absolute atomic E-state index is 14.1. The highest BCUT2D eigenvalue weighted by Gasteiger charge is 2.22. The Morgan fingerprint density at radius 3 is 2.47 bits per heavy atom. The summed E-state index contributed by atoms with van der Waals surface area (Å²) in [6, 6.07) is 9.27. The molecule has 102 valence electrons. The summed E-state index contributed by atoms with van der Waals surface area (Å²) >= 11 is 11.3. The van der Waals surface area contributed by atoms with Gasteiger partial charge in [0.05, 0.1) is 9.85 Å². The normalized spacial score (nSPS) is 13.6. The van der Waals surface area contributed by atoms with Gasteiger partial charge in [-0.1, -0.05) is 32.9 Å². The summed E-state index contributed by atoms with van der Waals surface area (Å²) in [5.41, 5.74) is 0.605. The number of thiophene rings is 1. The van der Waals surface area contributed by atoms with Crippen molar-refractivity contribution in [1.82, 2.24) is 0 Å². The van der Waals surface area contributed by atoms with Crippen LogP contribution in [0.4, 0.5) is 4.39 Å². The highest BCUT2D eigenvalue weighted by molar-refractivity contribution is 9.10. The average Bonchev–Trinajstić information content (AvgIpc) is 2.81. The monoisotopic (exact) mass is 360 g/mol.